The third kappa shape index (κ3) is 3.59. The van der Waals surface area contributed by atoms with Gasteiger partial charge in [0.2, 0.25) is 0 Å². The highest BCUT2D eigenvalue weighted by atomic mass is 19.4. The number of anilines is 1. The van der Waals surface area contributed by atoms with Crippen molar-refractivity contribution in [3.63, 3.8) is 0 Å². The Bertz CT molecular complexity index is 424. The van der Waals surface area contributed by atoms with Gasteiger partial charge in [-0.1, -0.05) is 0 Å². The fraction of sp³-hybridized carbons (Fsp3) is 0.692. The highest BCUT2D eigenvalue weighted by Crippen LogP contribution is 2.28. The van der Waals surface area contributed by atoms with E-state index in [0.29, 0.717) is 11.9 Å². The molecule has 1 unspecified atom stereocenters. The number of halogens is 3. The van der Waals surface area contributed by atoms with Crippen LogP contribution in [-0.4, -0.2) is 35.4 Å². The first-order valence-corrected chi connectivity index (χ1v) is 6.79. The Labute approximate surface area is 116 Å². The van der Waals surface area contributed by atoms with Crippen LogP contribution in [0.4, 0.5) is 19.0 Å². The fourth-order valence-electron chi connectivity index (χ4n) is 2.35. The van der Waals surface area contributed by atoms with E-state index in [4.69, 9.17) is 0 Å². The van der Waals surface area contributed by atoms with Crippen LogP contribution in [0, 0.1) is 0 Å². The summed E-state index contributed by atoms with van der Waals surface area (Å²) in [5.41, 5.74) is -0.955. The molecule has 7 heteroatoms. The molecule has 0 aromatic carbocycles. The average molecular weight is 288 g/mol. The second-order valence-electron chi connectivity index (χ2n) is 5.31. The molecule has 112 valence electrons. The van der Waals surface area contributed by atoms with Crippen LogP contribution in [0.1, 0.15) is 32.4 Å². The molecule has 0 spiro atoms. The van der Waals surface area contributed by atoms with Crippen molar-refractivity contribution >= 4 is 5.82 Å². The minimum atomic E-state index is -4.44. The maximum absolute atomic E-state index is 12.5. The van der Waals surface area contributed by atoms with Gasteiger partial charge in [-0.2, -0.15) is 13.2 Å². The molecular formula is C13H19F3N4. The van der Waals surface area contributed by atoms with E-state index in [0.717, 1.165) is 32.0 Å². The van der Waals surface area contributed by atoms with E-state index in [1.165, 1.54) is 6.07 Å². The van der Waals surface area contributed by atoms with Crippen LogP contribution in [0.5, 0.6) is 0 Å². The van der Waals surface area contributed by atoms with Gasteiger partial charge in [0.05, 0.1) is 0 Å². The van der Waals surface area contributed by atoms with Crippen molar-refractivity contribution in [1.82, 2.24) is 15.5 Å². The van der Waals surface area contributed by atoms with Gasteiger partial charge < -0.3 is 10.2 Å². The van der Waals surface area contributed by atoms with Crippen molar-refractivity contribution in [2.75, 3.05) is 18.0 Å². The number of hydrogen-bond acceptors (Lipinski definition) is 4. The van der Waals surface area contributed by atoms with E-state index >= 15 is 0 Å². The van der Waals surface area contributed by atoms with E-state index in [9.17, 15) is 13.2 Å². The van der Waals surface area contributed by atoms with Crippen LogP contribution < -0.4 is 10.2 Å². The summed E-state index contributed by atoms with van der Waals surface area (Å²) in [5.74, 6) is 0.488. The standard InChI is InChI=1S/C13H19F3N4/c1-9(2)20(8-10-4-3-7-17-10)12-6-5-11(18-19-12)13(14,15)16/h5-6,9-10,17H,3-4,7-8H2,1-2H3. The summed E-state index contributed by atoms with van der Waals surface area (Å²) < 4.78 is 37.4. The number of alkyl halides is 3. The van der Waals surface area contributed by atoms with Gasteiger partial charge in [-0.3, -0.25) is 0 Å². The Hall–Kier alpha value is -1.37. The molecule has 1 fully saturated rings. The second kappa shape index (κ2) is 5.95. The smallest absolute Gasteiger partial charge is 0.351 e. The van der Waals surface area contributed by atoms with Crippen LogP contribution in [0.3, 0.4) is 0 Å². The molecular weight excluding hydrogens is 269 g/mol. The van der Waals surface area contributed by atoms with Gasteiger partial charge in [-0.25, -0.2) is 0 Å². The van der Waals surface area contributed by atoms with Gasteiger partial charge in [0.15, 0.2) is 11.5 Å². The first-order chi connectivity index (χ1) is 9.38. The molecule has 1 aromatic rings. The minimum absolute atomic E-state index is 0.156. The predicted octanol–water partition coefficient (Wildman–Crippen LogP) is 2.46. The molecule has 0 aliphatic carbocycles. The molecule has 1 atom stereocenters. The Kier molecular flexibility index (Phi) is 4.47. The van der Waals surface area contributed by atoms with Crippen LogP contribution in [-0.2, 0) is 6.18 Å². The molecule has 1 aliphatic heterocycles. The molecule has 20 heavy (non-hydrogen) atoms. The summed E-state index contributed by atoms with van der Waals surface area (Å²) in [6.07, 6.45) is -2.23. The third-order valence-electron chi connectivity index (χ3n) is 3.44. The van der Waals surface area contributed by atoms with Crippen molar-refractivity contribution in [2.45, 2.75) is 44.9 Å². The lowest BCUT2D eigenvalue weighted by Crippen LogP contribution is -2.42. The van der Waals surface area contributed by atoms with Gasteiger partial charge >= 0.3 is 6.18 Å². The van der Waals surface area contributed by atoms with E-state index in [1.54, 1.807) is 0 Å². The van der Waals surface area contributed by atoms with Crippen molar-refractivity contribution in [1.29, 1.82) is 0 Å². The normalized spacial score (nSPS) is 19.6. The van der Waals surface area contributed by atoms with Crippen LogP contribution in [0.2, 0.25) is 0 Å². The molecule has 2 rings (SSSR count). The zero-order valence-corrected chi connectivity index (χ0v) is 11.6. The quantitative estimate of drug-likeness (QED) is 0.924. The lowest BCUT2D eigenvalue weighted by atomic mass is 10.2. The molecule has 0 saturated carbocycles. The first kappa shape index (κ1) is 15.0. The number of hydrogen-bond donors (Lipinski definition) is 1. The summed E-state index contributed by atoms with van der Waals surface area (Å²) in [5, 5.41) is 10.4. The zero-order valence-electron chi connectivity index (χ0n) is 11.6. The molecule has 0 radical (unpaired) electrons. The van der Waals surface area contributed by atoms with Gasteiger partial charge in [0.1, 0.15) is 0 Å². The molecule has 1 aromatic heterocycles. The van der Waals surface area contributed by atoms with E-state index < -0.39 is 11.9 Å². The van der Waals surface area contributed by atoms with Crippen molar-refractivity contribution in [2.24, 2.45) is 0 Å². The van der Waals surface area contributed by atoms with Gasteiger partial charge in [-0.05, 0) is 45.4 Å². The van der Waals surface area contributed by atoms with Crippen LogP contribution in [0.25, 0.3) is 0 Å². The Morgan fingerprint density at radius 3 is 2.55 bits per heavy atom. The number of nitrogens with one attached hydrogen (secondary N) is 1. The molecule has 1 aliphatic rings. The third-order valence-corrected chi connectivity index (χ3v) is 3.44. The highest BCUT2D eigenvalue weighted by molar-refractivity contribution is 5.39. The van der Waals surface area contributed by atoms with Crippen molar-refractivity contribution in [3.8, 4) is 0 Å². The fourth-order valence-corrected chi connectivity index (χ4v) is 2.35. The first-order valence-electron chi connectivity index (χ1n) is 6.79. The topological polar surface area (TPSA) is 41.0 Å². The van der Waals surface area contributed by atoms with Crippen molar-refractivity contribution < 1.29 is 13.2 Å². The average Bonchev–Trinajstić information content (AvgIpc) is 2.87. The molecule has 1 saturated heterocycles. The minimum Gasteiger partial charge on any atom is -0.351 e. The second-order valence-corrected chi connectivity index (χ2v) is 5.31. The number of rotatable bonds is 4. The summed E-state index contributed by atoms with van der Waals surface area (Å²) in [7, 11) is 0. The van der Waals surface area contributed by atoms with E-state index in [1.807, 2.05) is 18.7 Å². The lowest BCUT2D eigenvalue weighted by molar-refractivity contribution is -0.141. The number of aromatic nitrogens is 2. The Morgan fingerprint density at radius 1 is 1.35 bits per heavy atom. The zero-order chi connectivity index (χ0) is 14.8. The molecule has 0 amide bonds. The summed E-state index contributed by atoms with van der Waals surface area (Å²) in [4.78, 5) is 1.98. The SMILES string of the molecule is CC(C)N(CC1CCCN1)c1ccc(C(F)(F)F)nn1. The van der Waals surface area contributed by atoms with Gasteiger partial charge in [0, 0.05) is 18.6 Å². The summed E-state index contributed by atoms with van der Waals surface area (Å²) in [6.45, 7) is 5.72. The van der Waals surface area contributed by atoms with Gasteiger partial charge in [-0.15, -0.1) is 10.2 Å². The summed E-state index contributed by atoms with van der Waals surface area (Å²) in [6, 6.07) is 2.90. The maximum Gasteiger partial charge on any atom is 0.435 e. The highest BCUT2D eigenvalue weighted by Gasteiger charge is 2.33. The summed E-state index contributed by atoms with van der Waals surface area (Å²) >= 11 is 0. The Balaban J connectivity index is 2.12. The maximum atomic E-state index is 12.5. The van der Waals surface area contributed by atoms with E-state index in [2.05, 4.69) is 15.5 Å². The number of nitrogens with zero attached hydrogens (tertiary/aromatic N) is 3. The Morgan fingerprint density at radius 2 is 2.10 bits per heavy atom. The van der Waals surface area contributed by atoms with Crippen molar-refractivity contribution in [3.05, 3.63) is 17.8 Å². The van der Waals surface area contributed by atoms with Crippen LogP contribution >= 0.6 is 0 Å². The predicted molar refractivity (Wildman–Crippen MR) is 70.5 cm³/mol. The van der Waals surface area contributed by atoms with Gasteiger partial charge in [0.25, 0.3) is 0 Å². The molecule has 4 nitrogen and oxygen atoms in total. The monoisotopic (exact) mass is 288 g/mol. The lowest BCUT2D eigenvalue weighted by Gasteiger charge is -2.30. The largest absolute Gasteiger partial charge is 0.435 e. The van der Waals surface area contributed by atoms with E-state index in [-0.39, 0.29) is 6.04 Å². The molecule has 0 bridgehead atoms. The molecule has 1 N–H and O–H groups in total. The van der Waals surface area contributed by atoms with Crippen LogP contribution in [0.15, 0.2) is 12.1 Å². The molecule has 2 heterocycles.